The fraction of sp³-hybridized carbons (Fsp3) is 0.133. The third-order valence-electron chi connectivity index (χ3n) is 2.55. The minimum Gasteiger partial charge on any atom is -0.259 e. The molecular formula is C15H13NOS. The molecule has 0 radical (unpaired) electrons. The van der Waals surface area contributed by atoms with Gasteiger partial charge in [0, 0.05) is 22.3 Å². The normalized spacial score (nSPS) is 11.7. The van der Waals surface area contributed by atoms with E-state index in [0.29, 0.717) is 17.1 Å². The fourth-order valence-electron chi connectivity index (χ4n) is 1.73. The molecule has 0 spiro atoms. The van der Waals surface area contributed by atoms with Crippen LogP contribution in [-0.2, 0) is 22.3 Å². The van der Waals surface area contributed by atoms with Crippen LogP contribution >= 0.6 is 0 Å². The summed E-state index contributed by atoms with van der Waals surface area (Å²) in [5, 5.41) is 8.81. The smallest absolute Gasteiger partial charge is 0.0991 e. The van der Waals surface area contributed by atoms with E-state index < -0.39 is 10.8 Å². The highest BCUT2D eigenvalue weighted by Gasteiger charge is 2.04. The Balaban J connectivity index is 2.01. The van der Waals surface area contributed by atoms with Gasteiger partial charge >= 0.3 is 0 Å². The van der Waals surface area contributed by atoms with Gasteiger partial charge in [0.1, 0.15) is 0 Å². The molecule has 0 aromatic heterocycles. The molecule has 2 aromatic carbocycles. The first-order chi connectivity index (χ1) is 8.78. The molecule has 0 saturated carbocycles. The highest BCUT2D eigenvalue weighted by atomic mass is 32.2. The molecule has 2 nitrogen and oxygen atoms in total. The minimum atomic E-state index is -0.942. The summed E-state index contributed by atoms with van der Waals surface area (Å²) in [7, 11) is -0.942. The first-order valence-electron chi connectivity index (χ1n) is 5.66. The van der Waals surface area contributed by atoms with Crippen LogP contribution in [0.2, 0.25) is 0 Å². The molecule has 3 heteroatoms. The monoisotopic (exact) mass is 255 g/mol. The lowest BCUT2D eigenvalue weighted by Gasteiger charge is -2.03. The second-order valence-corrected chi connectivity index (χ2v) is 5.48. The fourth-order valence-corrected chi connectivity index (χ4v) is 2.95. The summed E-state index contributed by atoms with van der Waals surface area (Å²) >= 11 is 0. The molecule has 0 aliphatic heterocycles. The van der Waals surface area contributed by atoms with Crippen LogP contribution in [0, 0.1) is 11.3 Å². The average molecular weight is 255 g/mol. The summed E-state index contributed by atoms with van der Waals surface area (Å²) in [5.41, 5.74) is 2.64. The summed E-state index contributed by atoms with van der Waals surface area (Å²) in [6.07, 6.45) is 0. The van der Waals surface area contributed by atoms with Crippen molar-refractivity contribution >= 4 is 10.8 Å². The van der Waals surface area contributed by atoms with Crippen molar-refractivity contribution in [1.82, 2.24) is 0 Å². The van der Waals surface area contributed by atoms with Gasteiger partial charge < -0.3 is 0 Å². The van der Waals surface area contributed by atoms with Crippen molar-refractivity contribution < 1.29 is 4.21 Å². The molecule has 1 unspecified atom stereocenters. The lowest BCUT2D eigenvalue weighted by atomic mass is 10.2. The molecule has 0 bridgehead atoms. The van der Waals surface area contributed by atoms with Gasteiger partial charge in [-0.15, -0.1) is 0 Å². The quantitative estimate of drug-likeness (QED) is 0.842. The summed E-state index contributed by atoms with van der Waals surface area (Å²) in [5.74, 6) is 1.04. The molecule has 0 heterocycles. The minimum absolute atomic E-state index is 0.490. The lowest BCUT2D eigenvalue weighted by molar-refractivity contribution is 0.682. The number of hydrogen-bond donors (Lipinski definition) is 0. The van der Waals surface area contributed by atoms with Gasteiger partial charge in [0.05, 0.1) is 11.6 Å². The van der Waals surface area contributed by atoms with Gasteiger partial charge in [-0.25, -0.2) is 0 Å². The zero-order valence-corrected chi connectivity index (χ0v) is 10.7. The summed E-state index contributed by atoms with van der Waals surface area (Å²) in [6.45, 7) is 0. The van der Waals surface area contributed by atoms with Crippen molar-refractivity contribution in [2.24, 2.45) is 0 Å². The van der Waals surface area contributed by atoms with Crippen LogP contribution in [0.3, 0.4) is 0 Å². The predicted molar refractivity (Wildman–Crippen MR) is 73.1 cm³/mol. The molecule has 2 aromatic rings. The highest BCUT2D eigenvalue weighted by Crippen LogP contribution is 2.10. The molecule has 2 rings (SSSR count). The van der Waals surface area contributed by atoms with Crippen LogP contribution in [0.4, 0.5) is 0 Å². The van der Waals surface area contributed by atoms with Gasteiger partial charge in [0.15, 0.2) is 0 Å². The molecule has 18 heavy (non-hydrogen) atoms. The van der Waals surface area contributed by atoms with Crippen molar-refractivity contribution in [2.45, 2.75) is 11.5 Å². The van der Waals surface area contributed by atoms with Crippen molar-refractivity contribution in [2.75, 3.05) is 0 Å². The van der Waals surface area contributed by atoms with Crippen LogP contribution in [0.15, 0.2) is 54.6 Å². The molecule has 90 valence electrons. The zero-order chi connectivity index (χ0) is 12.8. The Morgan fingerprint density at radius 3 is 2.33 bits per heavy atom. The van der Waals surface area contributed by atoms with Crippen molar-refractivity contribution in [1.29, 1.82) is 5.26 Å². The molecule has 1 atom stereocenters. The Kier molecular flexibility index (Phi) is 4.27. The maximum absolute atomic E-state index is 12.0. The number of nitrogens with zero attached hydrogens (tertiary/aromatic N) is 1. The van der Waals surface area contributed by atoms with Crippen LogP contribution in [0.1, 0.15) is 16.7 Å². The van der Waals surface area contributed by atoms with Crippen molar-refractivity contribution in [3.63, 3.8) is 0 Å². The Morgan fingerprint density at radius 1 is 0.944 bits per heavy atom. The molecule has 0 N–H and O–H groups in total. The Labute approximate surface area is 109 Å². The SMILES string of the molecule is N#Cc1cccc(CS(=O)Cc2ccccc2)c1. The van der Waals surface area contributed by atoms with Crippen LogP contribution < -0.4 is 0 Å². The van der Waals surface area contributed by atoms with Gasteiger partial charge in [0.25, 0.3) is 0 Å². The van der Waals surface area contributed by atoms with E-state index in [-0.39, 0.29) is 0 Å². The molecule has 0 saturated heterocycles. The van der Waals surface area contributed by atoms with Crippen molar-refractivity contribution in [3.05, 3.63) is 71.3 Å². The second-order valence-electron chi connectivity index (χ2n) is 4.03. The van der Waals surface area contributed by atoms with E-state index >= 15 is 0 Å². The second kappa shape index (κ2) is 6.13. The predicted octanol–water partition coefficient (Wildman–Crippen LogP) is 3.01. The third kappa shape index (κ3) is 3.54. The van der Waals surface area contributed by atoms with Gasteiger partial charge in [0.2, 0.25) is 0 Å². The van der Waals surface area contributed by atoms with Gasteiger partial charge in [-0.3, -0.25) is 4.21 Å². The molecule has 0 aliphatic rings. The molecular weight excluding hydrogens is 242 g/mol. The number of rotatable bonds is 4. The van der Waals surface area contributed by atoms with E-state index in [2.05, 4.69) is 6.07 Å². The molecule has 0 amide bonds. The van der Waals surface area contributed by atoms with E-state index in [1.165, 1.54) is 0 Å². The van der Waals surface area contributed by atoms with E-state index in [0.717, 1.165) is 11.1 Å². The topological polar surface area (TPSA) is 40.9 Å². The Morgan fingerprint density at radius 2 is 1.61 bits per heavy atom. The first kappa shape index (κ1) is 12.5. The highest BCUT2D eigenvalue weighted by molar-refractivity contribution is 7.83. The zero-order valence-electron chi connectivity index (χ0n) is 9.87. The van der Waals surface area contributed by atoms with Crippen LogP contribution in [0.5, 0.6) is 0 Å². The first-order valence-corrected chi connectivity index (χ1v) is 7.14. The number of hydrogen-bond acceptors (Lipinski definition) is 2. The summed E-state index contributed by atoms with van der Waals surface area (Å²) < 4.78 is 12.0. The summed E-state index contributed by atoms with van der Waals surface area (Å²) in [4.78, 5) is 0. The number of nitriles is 1. The van der Waals surface area contributed by atoms with Crippen molar-refractivity contribution in [3.8, 4) is 6.07 Å². The van der Waals surface area contributed by atoms with Gasteiger partial charge in [-0.2, -0.15) is 5.26 Å². The van der Waals surface area contributed by atoms with E-state index in [9.17, 15) is 4.21 Å². The molecule has 0 aliphatic carbocycles. The maximum atomic E-state index is 12.0. The van der Waals surface area contributed by atoms with Crippen LogP contribution in [0.25, 0.3) is 0 Å². The van der Waals surface area contributed by atoms with E-state index in [1.807, 2.05) is 42.5 Å². The van der Waals surface area contributed by atoms with E-state index in [4.69, 9.17) is 5.26 Å². The maximum Gasteiger partial charge on any atom is 0.0991 e. The average Bonchev–Trinajstić information content (AvgIpc) is 2.40. The summed E-state index contributed by atoms with van der Waals surface area (Å²) in [6, 6.07) is 19.2. The van der Waals surface area contributed by atoms with Gasteiger partial charge in [-0.1, -0.05) is 42.5 Å². The molecule has 0 fully saturated rings. The Bertz CT molecular complexity index is 587. The van der Waals surface area contributed by atoms with Gasteiger partial charge in [-0.05, 0) is 23.3 Å². The lowest BCUT2D eigenvalue weighted by Crippen LogP contribution is -1.99. The number of benzene rings is 2. The van der Waals surface area contributed by atoms with E-state index in [1.54, 1.807) is 12.1 Å². The standard InChI is InChI=1S/C15H13NOS/c16-10-14-7-4-8-15(9-14)12-18(17)11-13-5-2-1-3-6-13/h1-9H,11-12H2. The largest absolute Gasteiger partial charge is 0.259 e. The Hall–Kier alpha value is -1.92. The third-order valence-corrected chi connectivity index (χ3v) is 3.86. The van der Waals surface area contributed by atoms with Crippen LogP contribution in [-0.4, -0.2) is 4.21 Å².